The number of nitrogens with zero attached hydrogens (tertiary/aromatic N) is 2. The second-order valence-electron chi connectivity index (χ2n) is 7.22. The number of aromatic nitrogens is 2. The lowest BCUT2D eigenvalue weighted by molar-refractivity contribution is -0.134. The smallest absolute Gasteiger partial charge is 0.315 e. The minimum Gasteiger partial charge on any atom is -0.497 e. The number of piperidine rings is 1. The fraction of sp³-hybridized carbons (Fsp3) is 0.476. The SMILES string of the molecule is COc1ccc(CC(NC(=O)NCCc2cnc[nH]2)C(=O)N2CCCCC2)cc1. The maximum absolute atomic E-state index is 13.1. The molecule has 2 heterocycles. The second kappa shape index (κ2) is 10.5. The summed E-state index contributed by atoms with van der Waals surface area (Å²) in [5.41, 5.74) is 1.92. The molecule has 1 aromatic heterocycles. The summed E-state index contributed by atoms with van der Waals surface area (Å²) in [4.78, 5) is 34.3. The highest BCUT2D eigenvalue weighted by molar-refractivity contribution is 5.87. The predicted octanol–water partition coefficient (Wildman–Crippen LogP) is 1.88. The Morgan fingerprint density at radius 1 is 1.21 bits per heavy atom. The molecule has 3 rings (SSSR count). The number of carbonyl (C=O) groups is 2. The molecule has 0 radical (unpaired) electrons. The molecule has 8 heteroatoms. The average Bonchev–Trinajstić information content (AvgIpc) is 3.27. The van der Waals surface area contributed by atoms with E-state index in [1.807, 2.05) is 29.2 Å². The van der Waals surface area contributed by atoms with Gasteiger partial charge in [0.25, 0.3) is 0 Å². The number of hydrogen-bond acceptors (Lipinski definition) is 4. The molecule has 2 aromatic rings. The van der Waals surface area contributed by atoms with E-state index in [1.165, 1.54) is 0 Å². The number of imidazole rings is 1. The van der Waals surface area contributed by atoms with Gasteiger partial charge in [0.1, 0.15) is 11.8 Å². The van der Waals surface area contributed by atoms with E-state index in [2.05, 4.69) is 20.6 Å². The van der Waals surface area contributed by atoms with Crippen molar-refractivity contribution >= 4 is 11.9 Å². The summed E-state index contributed by atoms with van der Waals surface area (Å²) in [5.74, 6) is 0.737. The van der Waals surface area contributed by atoms with Crippen molar-refractivity contribution < 1.29 is 14.3 Å². The molecule has 1 unspecified atom stereocenters. The van der Waals surface area contributed by atoms with E-state index in [9.17, 15) is 9.59 Å². The van der Waals surface area contributed by atoms with E-state index in [1.54, 1.807) is 19.6 Å². The summed E-state index contributed by atoms with van der Waals surface area (Å²) in [7, 11) is 1.62. The number of aromatic amines is 1. The average molecular weight is 399 g/mol. The van der Waals surface area contributed by atoms with Crippen molar-refractivity contribution in [1.29, 1.82) is 0 Å². The normalized spacial score (nSPS) is 14.9. The molecule has 156 valence electrons. The molecule has 1 aromatic carbocycles. The predicted molar refractivity (Wildman–Crippen MR) is 110 cm³/mol. The molecule has 0 aliphatic carbocycles. The van der Waals surface area contributed by atoms with E-state index < -0.39 is 6.04 Å². The molecule has 1 saturated heterocycles. The van der Waals surface area contributed by atoms with Crippen LogP contribution >= 0.6 is 0 Å². The molecule has 8 nitrogen and oxygen atoms in total. The third-order valence-electron chi connectivity index (χ3n) is 5.10. The number of amides is 3. The Hall–Kier alpha value is -3.03. The molecule has 0 spiro atoms. The first-order chi connectivity index (χ1) is 14.2. The monoisotopic (exact) mass is 399 g/mol. The highest BCUT2D eigenvalue weighted by Crippen LogP contribution is 2.15. The number of likely N-dealkylation sites (tertiary alicyclic amines) is 1. The van der Waals surface area contributed by atoms with Gasteiger partial charge in [0.05, 0.1) is 13.4 Å². The fourth-order valence-electron chi connectivity index (χ4n) is 3.47. The number of ether oxygens (including phenoxy) is 1. The third-order valence-corrected chi connectivity index (χ3v) is 5.10. The highest BCUT2D eigenvalue weighted by atomic mass is 16.5. The van der Waals surface area contributed by atoms with Gasteiger partial charge < -0.3 is 25.3 Å². The molecular weight excluding hydrogens is 370 g/mol. The zero-order valence-electron chi connectivity index (χ0n) is 16.8. The van der Waals surface area contributed by atoms with Gasteiger partial charge in [-0.3, -0.25) is 4.79 Å². The largest absolute Gasteiger partial charge is 0.497 e. The number of H-pyrrole nitrogens is 1. The van der Waals surface area contributed by atoms with E-state index >= 15 is 0 Å². The van der Waals surface area contributed by atoms with Crippen molar-refractivity contribution in [2.45, 2.75) is 38.1 Å². The first kappa shape index (κ1) is 20.7. The van der Waals surface area contributed by atoms with Gasteiger partial charge in [-0.05, 0) is 37.0 Å². The summed E-state index contributed by atoms with van der Waals surface area (Å²) in [6.07, 6.45) is 7.59. The van der Waals surface area contributed by atoms with Crippen LogP contribution < -0.4 is 15.4 Å². The molecular formula is C21H29N5O3. The van der Waals surface area contributed by atoms with Crippen LogP contribution in [-0.4, -0.2) is 59.6 Å². The first-order valence-corrected chi connectivity index (χ1v) is 10.1. The number of rotatable bonds is 8. The lowest BCUT2D eigenvalue weighted by atomic mass is 10.0. The molecule has 1 atom stereocenters. The van der Waals surface area contributed by atoms with Gasteiger partial charge in [-0.2, -0.15) is 0 Å². The quantitative estimate of drug-likeness (QED) is 0.631. The van der Waals surface area contributed by atoms with Crippen LogP contribution in [0.15, 0.2) is 36.8 Å². The van der Waals surface area contributed by atoms with Gasteiger partial charge in [0.2, 0.25) is 5.91 Å². The van der Waals surface area contributed by atoms with Crippen LogP contribution in [0.5, 0.6) is 5.75 Å². The topological polar surface area (TPSA) is 99.3 Å². The maximum Gasteiger partial charge on any atom is 0.315 e. The van der Waals surface area contributed by atoms with E-state index in [0.29, 0.717) is 19.4 Å². The number of carbonyl (C=O) groups excluding carboxylic acids is 2. The van der Waals surface area contributed by atoms with Gasteiger partial charge in [0.15, 0.2) is 0 Å². The van der Waals surface area contributed by atoms with Crippen LogP contribution in [0, 0.1) is 0 Å². The molecule has 0 bridgehead atoms. The lowest BCUT2D eigenvalue weighted by Crippen LogP contribution is -2.53. The Morgan fingerprint density at radius 3 is 2.62 bits per heavy atom. The molecule has 1 aliphatic heterocycles. The zero-order valence-corrected chi connectivity index (χ0v) is 16.8. The van der Waals surface area contributed by atoms with Gasteiger partial charge in [-0.15, -0.1) is 0 Å². The molecule has 3 N–H and O–H groups in total. The Morgan fingerprint density at radius 2 is 1.97 bits per heavy atom. The number of hydrogen-bond donors (Lipinski definition) is 3. The second-order valence-corrected chi connectivity index (χ2v) is 7.22. The van der Waals surface area contributed by atoms with Gasteiger partial charge in [-0.25, -0.2) is 9.78 Å². The minimum absolute atomic E-state index is 0.0239. The van der Waals surface area contributed by atoms with Crippen LogP contribution in [0.2, 0.25) is 0 Å². The zero-order chi connectivity index (χ0) is 20.5. The number of nitrogens with one attached hydrogen (secondary N) is 3. The van der Waals surface area contributed by atoms with Gasteiger partial charge in [0, 0.05) is 44.4 Å². The van der Waals surface area contributed by atoms with Crippen LogP contribution in [0.3, 0.4) is 0 Å². The highest BCUT2D eigenvalue weighted by Gasteiger charge is 2.27. The van der Waals surface area contributed by atoms with Gasteiger partial charge >= 0.3 is 6.03 Å². The van der Waals surface area contributed by atoms with Crippen LogP contribution in [0.25, 0.3) is 0 Å². The Kier molecular flexibility index (Phi) is 7.49. The summed E-state index contributed by atoms with van der Waals surface area (Å²) in [5, 5.41) is 5.70. The van der Waals surface area contributed by atoms with E-state index in [-0.39, 0.29) is 11.9 Å². The fourth-order valence-corrected chi connectivity index (χ4v) is 3.47. The third kappa shape index (κ3) is 6.23. The van der Waals surface area contributed by atoms with E-state index in [4.69, 9.17) is 4.74 Å². The summed E-state index contributed by atoms with van der Waals surface area (Å²) >= 11 is 0. The van der Waals surface area contributed by atoms with Crippen molar-refractivity contribution in [2.75, 3.05) is 26.7 Å². The van der Waals surface area contributed by atoms with Crippen LogP contribution in [-0.2, 0) is 17.6 Å². The minimum atomic E-state index is -0.603. The Bertz CT molecular complexity index is 770. The summed E-state index contributed by atoms with van der Waals surface area (Å²) < 4.78 is 5.19. The standard InChI is InChI=1S/C21H29N5O3/c1-29-18-7-5-16(6-8-18)13-19(20(27)26-11-3-2-4-12-26)25-21(28)23-10-9-17-14-22-15-24-17/h5-8,14-15,19H,2-4,9-13H2,1H3,(H,22,24)(H2,23,25,28). The molecule has 0 saturated carbocycles. The maximum atomic E-state index is 13.1. The lowest BCUT2D eigenvalue weighted by Gasteiger charge is -2.31. The molecule has 3 amide bonds. The van der Waals surface area contributed by atoms with Crippen molar-refractivity contribution in [3.05, 3.63) is 48.0 Å². The van der Waals surface area contributed by atoms with Crippen molar-refractivity contribution in [2.24, 2.45) is 0 Å². The van der Waals surface area contributed by atoms with E-state index in [0.717, 1.165) is 49.4 Å². The van der Waals surface area contributed by atoms with Gasteiger partial charge in [-0.1, -0.05) is 12.1 Å². The van der Waals surface area contributed by atoms with Crippen molar-refractivity contribution in [3.8, 4) is 5.75 Å². The first-order valence-electron chi connectivity index (χ1n) is 10.1. The van der Waals surface area contributed by atoms with Crippen molar-refractivity contribution in [3.63, 3.8) is 0 Å². The summed E-state index contributed by atoms with van der Waals surface area (Å²) in [6.45, 7) is 1.96. The molecule has 1 fully saturated rings. The van der Waals surface area contributed by atoms with Crippen molar-refractivity contribution in [1.82, 2.24) is 25.5 Å². The Balaban J connectivity index is 1.60. The van der Waals surface area contributed by atoms with Crippen LogP contribution in [0.4, 0.5) is 4.79 Å². The number of benzene rings is 1. The molecule has 1 aliphatic rings. The number of urea groups is 1. The van der Waals surface area contributed by atoms with Crippen LogP contribution in [0.1, 0.15) is 30.5 Å². The number of methoxy groups -OCH3 is 1. The summed E-state index contributed by atoms with van der Waals surface area (Å²) in [6, 6.07) is 6.63. The molecule has 29 heavy (non-hydrogen) atoms. The Labute approximate surface area is 171 Å².